The minimum Gasteiger partial charge on any atom is -0.333 e. The number of hydrogen-bond donors (Lipinski definition) is 1. The molecule has 0 aromatic carbocycles. The van der Waals surface area contributed by atoms with E-state index in [0.29, 0.717) is 11.7 Å². The van der Waals surface area contributed by atoms with Crippen molar-refractivity contribution in [2.75, 3.05) is 0 Å². The van der Waals surface area contributed by atoms with Crippen LogP contribution in [0.3, 0.4) is 0 Å². The van der Waals surface area contributed by atoms with Crippen molar-refractivity contribution in [3.05, 3.63) is 22.3 Å². The Balaban J connectivity index is 1.90. The molecule has 3 rings (SSSR count). The summed E-state index contributed by atoms with van der Waals surface area (Å²) in [6, 6.07) is 2.23. The van der Waals surface area contributed by atoms with Crippen molar-refractivity contribution >= 4 is 11.3 Å². The summed E-state index contributed by atoms with van der Waals surface area (Å²) in [5.74, 6) is 1.26. The Labute approximate surface area is 129 Å². The molecule has 2 aromatic rings. The molecule has 0 unspecified atom stereocenters. The lowest BCUT2D eigenvalue weighted by atomic mass is 9.93. The number of aryl methyl sites for hydroxylation is 2. The highest BCUT2D eigenvalue weighted by molar-refractivity contribution is 7.15. The molecule has 0 radical (unpaired) electrons. The molecule has 2 N–H and O–H groups in total. The quantitative estimate of drug-likeness (QED) is 0.866. The summed E-state index contributed by atoms with van der Waals surface area (Å²) in [6.45, 7) is 4.12. The monoisotopic (exact) mass is 305 g/mol. The van der Waals surface area contributed by atoms with E-state index in [4.69, 9.17) is 10.3 Å². The molecule has 5 heteroatoms. The fraction of sp³-hybridized carbons (Fsp3) is 0.625. The first-order valence-corrected chi connectivity index (χ1v) is 8.73. The predicted molar refractivity (Wildman–Crippen MR) is 85.3 cm³/mol. The smallest absolute Gasteiger partial charge is 0.268 e. The summed E-state index contributed by atoms with van der Waals surface area (Å²) >= 11 is 1.80. The van der Waals surface area contributed by atoms with Crippen LogP contribution in [0, 0.1) is 0 Å². The fourth-order valence-corrected chi connectivity index (χ4v) is 4.04. The van der Waals surface area contributed by atoms with Crippen LogP contribution >= 0.6 is 11.3 Å². The molecule has 0 saturated carbocycles. The molecule has 0 amide bonds. The SMILES string of the molecule is CCC(N)(CC)c1noc(-c2cc3c(s2)CCCCC3)n1. The van der Waals surface area contributed by atoms with Crippen molar-refractivity contribution in [1.29, 1.82) is 0 Å². The standard InChI is InChI=1S/C16H23N3OS/c1-3-16(17,4-2)15-18-14(20-19-15)13-10-11-8-6-5-7-9-12(11)21-13/h10H,3-9,17H2,1-2H3. The average Bonchev–Trinajstić information content (AvgIpc) is 3.09. The summed E-state index contributed by atoms with van der Waals surface area (Å²) in [6.07, 6.45) is 7.90. The molecule has 0 saturated heterocycles. The Hall–Kier alpha value is -1.20. The molecule has 0 bridgehead atoms. The van der Waals surface area contributed by atoms with E-state index in [1.54, 1.807) is 11.3 Å². The molecule has 4 nitrogen and oxygen atoms in total. The Morgan fingerprint density at radius 3 is 2.76 bits per heavy atom. The maximum Gasteiger partial charge on any atom is 0.268 e. The number of aromatic nitrogens is 2. The van der Waals surface area contributed by atoms with Crippen LogP contribution in [0.15, 0.2) is 10.6 Å². The van der Waals surface area contributed by atoms with Gasteiger partial charge in [0.15, 0.2) is 5.82 Å². The van der Waals surface area contributed by atoms with E-state index >= 15 is 0 Å². The van der Waals surface area contributed by atoms with Crippen LogP contribution in [0.4, 0.5) is 0 Å². The largest absolute Gasteiger partial charge is 0.333 e. The van der Waals surface area contributed by atoms with Crippen molar-refractivity contribution in [3.63, 3.8) is 0 Å². The zero-order valence-electron chi connectivity index (χ0n) is 12.8. The van der Waals surface area contributed by atoms with Crippen LogP contribution in [0.1, 0.15) is 62.2 Å². The topological polar surface area (TPSA) is 64.9 Å². The molecule has 21 heavy (non-hydrogen) atoms. The van der Waals surface area contributed by atoms with Gasteiger partial charge in [0.2, 0.25) is 0 Å². The minimum absolute atomic E-state index is 0.476. The number of hydrogen-bond acceptors (Lipinski definition) is 5. The highest BCUT2D eigenvalue weighted by Gasteiger charge is 2.29. The predicted octanol–water partition coefficient (Wildman–Crippen LogP) is 4.04. The maximum absolute atomic E-state index is 6.35. The van der Waals surface area contributed by atoms with Crippen LogP contribution in [0.5, 0.6) is 0 Å². The molecular formula is C16H23N3OS. The molecule has 2 heterocycles. The molecule has 0 fully saturated rings. The van der Waals surface area contributed by atoms with E-state index in [9.17, 15) is 0 Å². The third kappa shape index (κ3) is 2.77. The van der Waals surface area contributed by atoms with Crippen molar-refractivity contribution in [3.8, 4) is 10.8 Å². The van der Waals surface area contributed by atoms with E-state index in [1.165, 1.54) is 42.5 Å². The zero-order chi connectivity index (χ0) is 14.9. The number of nitrogens with zero attached hydrogens (tertiary/aromatic N) is 2. The van der Waals surface area contributed by atoms with Crippen LogP contribution < -0.4 is 5.73 Å². The third-order valence-electron chi connectivity index (χ3n) is 4.59. The van der Waals surface area contributed by atoms with Gasteiger partial charge in [0, 0.05) is 4.88 Å². The van der Waals surface area contributed by atoms with Gasteiger partial charge >= 0.3 is 0 Å². The lowest BCUT2D eigenvalue weighted by molar-refractivity contribution is 0.350. The van der Waals surface area contributed by atoms with Crippen LogP contribution in [-0.2, 0) is 18.4 Å². The van der Waals surface area contributed by atoms with Gasteiger partial charge in [0.1, 0.15) is 0 Å². The zero-order valence-corrected chi connectivity index (χ0v) is 13.6. The van der Waals surface area contributed by atoms with Gasteiger partial charge in [-0.25, -0.2) is 0 Å². The molecule has 2 aromatic heterocycles. The first kappa shape index (κ1) is 14.7. The fourth-order valence-electron chi connectivity index (χ4n) is 2.86. The van der Waals surface area contributed by atoms with Gasteiger partial charge in [-0.05, 0) is 50.2 Å². The van der Waals surface area contributed by atoms with E-state index in [1.807, 2.05) is 0 Å². The van der Waals surface area contributed by atoms with Crippen LogP contribution in [-0.4, -0.2) is 10.1 Å². The normalized spacial score (nSPS) is 15.8. The van der Waals surface area contributed by atoms with Gasteiger partial charge in [-0.15, -0.1) is 11.3 Å². The second-order valence-corrected chi connectivity index (χ2v) is 7.04. The summed E-state index contributed by atoms with van der Waals surface area (Å²) < 4.78 is 5.48. The number of nitrogens with two attached hydrogens (primary N) is 1. The maximum atomic E-state index is 6.35. The van der Waals surface area contributed by atoms with Crippen molar-refractivity contribution in [2.24, 2.45) is 5.73 Å². The summed E-state index contributed by atoms with van der Waals surface area (Å²) in [5, 5.41) is 4.13. The molecule has 0 atom stereocenters. The van der Waals surface area contributed by atoms with E-state index in [0.717, 1.165) is 17.7 Å². The van der Waals surface area contributed by atoms with E-state index in [2.05, 4.69) is 30.1 Å². The van der Waals surface area contributed by atoms with E-state index < -0.39 is 5.54 Å². The second kappa shape index (κ2) is 5.89. The third-order valence-corrected chi connectivity index (χ3v) is 5.82. The molecule has 0 spiro atoms. The molecule has 1 aliphatic carbocycles. The molecule has 1 aliphatic rings. The first-order valence-electron chi connectivity index (χ1n) is 7.91. The van der Waals surface area contributed by atoms with E-state index in [-0.39, 0.29) is 0 Å². The Bertz CT molecular complexity index is 589. The number of fused-ring (bicyclic) bond motifs is 1. The number of rotatable bonds is 4. The van der Waals surface area contributed by atoms with Gasteiger partial charge in [0.05, 0.1) is 10.4 Å². The molecular weight excluding hydrogens is 282 g/mol. The summed E-state index contributed by atoms with van der Waals surface area (Å²) in [4.78, 5) is 7.15. The minimum atomic E-state index is -0.476. The van der Waals surface area contributed by atoms with Gasteiger partial charge in [-0.2, -0.15) is 4.98 Å². The van der Waals surface area contributed by atoms with Gasteiger partial charge in [-0.1, -0.05) is 25.4 Å². The summed E-state index contributed by atoms with van der Waals surface area (Å²) in [5.41, 5.74) is 7.34. The molecule has 0 aliphatic heterocycles. The van der Waals surface area contributed by atoms with Crippen molar-refractivity contribution in [2.45, 2.75) is 64.3 Å². The Morgan fingerprint density at radius 2 is 2.00 bits per heavy atom. The summed E-state index contributed by atoms with van der Waals surface area (Å²) in [7, 11) is 0. The Kier molecular flexibility index (Phi) is 4.13. The van der Waals surface area contributed by atoms with Crippen molar-refractivity contribution < 1.29 is 4.52 Å². The highest BCUT2D eigenvalue weighted by Crippen LogP contribution is 2.35. The second-order valence-electron chi connectivity index (χ2n) is 5.91. The molecule has 114 valence electrons. The average molecular weight is 305 g/mol. The lowest BCUT2D eigenvalue weighted by Gasteiger charge is -2.21. The first-order chi connectivity index (χ1) is 10.2. The van der Waals surface area contributed by atoms with Crippen LogP contribution in [0.25, 0.3) is 10.8 Å². The highest BCUT2D eigenvalue weighted by atomic mass is 32.1. The van der Waals surface area contributed by atoms with Gasteiger partial charge in [-0.3, -0.25) is 0 Å². The van der Waals surface area contributed by atoms with Crippen LogP contribution in [0.2, 0.25) is 0 Å². The Morgan fingerprint density at radius 1 is 1.24 bits per heavy atom. The lowest BCUT2D eigenvalue weighted by Crippen LogP contribution is -2.36. The number of thiophene rings is 1. The van der Waals surface area contributed by atoms with Crippen molar-refractivity contribution in [1.82, 2.24) is 10.1 Å². The van der Waals surface area contributed by atoms with Gasteiger partial charge in [0.25, 0.3) is 5.89 Å². The van der Waals surface area contributed by atoms with Gasteiger partial charge < -0.3 is 10.3 Å².